The van der Waals surface area contributed by atoms with Crippen molar-refractivity contribution in [3.63, 3.8) is 0 Å². The Kier molecular flexibility index (Phi) is 4.19. The number of carbonyl (C=O) groups excluding carboxylic acids is 1. The second-order valence-electron chi connectivity index (χ2n) is 4.65. The average molecular weight is 269 g/mol. The van der Waals surface area contributed by atoms with Crippen LogP contribution in [0, 0.1) is 0 Å². The zero-order valence-corrected chi connectivity index (χ0v) is 11.1. The summed E-state index contributed by atoms with van der Waals surface area (Å²) in [7, 11) is 0. The van der Waals surface area contributed by atoms with E-state index in [1.54, 1.807) is 30.0 Å². The number of pyridine rings is 1. The first-order chi connectivity index (χ1) is 8.59. The molecule has 2 heterocycles. The Morgan fingerprint density at radius 2 is 2.33 bits per heavy atom. The molecule has 1 aliphatic rings. The zero-order valence-electron chi connectivity index (χ0n) is 10.3. The molecule has 0 saturated carbocycles. The van der Waals surface area contributed by atoms with Gasteiger partial charge < -0.3 is 10.0 Å². The van der Waals surface area contributed by atoms with Crippen LogP contribution in [0.15, 0.2) is 18.2 Å². The van der Waals surface area contributed by atoms with Crippen LogP contribution in [0.3, 0.4) is 0 Å². The molecule has 2 rings (SSSR count). The molecule has 1 aromatic heterocycles. The largest absolute Gasteiger partial charge is 0.391 e. The van der Waals surface area contributed by atoms with Crippen LogP contribution in [0.2, 0.25) is 5.15 Å². The van der Waals surface area contributed by atoms with E-state index in [4.69, 9.17) is 11.6 Å². The molecule has 1 N–H and O–H groups in total. The van der Waals surface area contributed by atoms with Crippen molar-refractivity contribution in [1.82, 2.24) is 9.88 Å². The number of rotatable bonds is 2. The van der Waals surface area contributed by atoms with Gasteiger partial charge in [0.15, 0.2) is 0 Å². The van der Waals surface area contributed by atoms with Crippen molar-refractivity contribution in [2.45, 2.75) is 38.3 Å². The van der Waals surface area contributed by atoms with Crippen LogP contribution in [0.4, 0.5) is 0 Å². The second kappa shape index (κ2) is 5.67. The fraction of sp³-hybridized carbons (Fsp3) is 0.538. The molecule has 0 bridgehead atoms. The predicted molar refractivity (Wildman–Crippen MR) is 69.6 cm³/mol. The third-order valence-electron chi connectivity index (χ3n) is 3.30. The van der Waals surface area contributed by atoms with Crippen molar-refractivity contribution in [1.29, 1.82) is 0 Å². The van der Waals surface area contributed by atoms with Crippen LogP contribution in [0.1, 0.15) is 36.7 Å². The molecule has 1 fully saturated rings. The van der Waals surface area contributed by atoms with E-state index < -0.39 is 6.10 Å². The van der Waals surface area contributed by atoms with Gasteiger partial charge in [-0.2, -0.15) is 0 Å². The number of hydrogen-bond acceptors (Lipinski definition) is 3. The molecule has 0 aliphatic carbocycles. The lowest BCUT2D eigenvalue weighted by molar-refractivity contribution is 0.0276. The van der Waals surface area contributed by atoms with Gasteiger partial charge in [-0.15, -0.1) is 0 Å². The molecule has 0 radical (unpaired) electrons. The minimum Gasteiger partial charge on any atom is -0.391 e. The molecule has 1 saturated heterocycles. The molecule has 18 heavy (non-hydrogen) atoms. The standard InChI is InChI=1S/C13H17ClN2O2/c1-9(17)11-6-2-3-8-16(11)13(18)10-5-4-7-12(14)15-10/h4-5,7,9,11,17H,2-3,6,8H2,1H3. The van der Waals surface area contributed by atoms with E-state index in [2.05, 4.69) is 4.98 Å². The first-order valence-electron chi connectivity index (χ1n) is 6.21. The molecule has 0 spiro atoms. The van der Waals surface area contributed by atoms with E-state index in [9.17, 15) is 9.90 Å². The number of carbonyl (C=O) groups is 1. The molecule has 98 valence electrons. The molecule has 5 heteroatoms. The van der Waals surface area contributed by atoms with E-state index in [1.165, 1.54) is 0 Å². The van der Waals surface area contributed by atoms with Crippen LogP contribution < -0.4 is 0 Å². The number of aliphatic hydroxyl groups excluding tert-OH is 1. The third kappa shape index (κ3) is 2.82. The topological polar surface area (TPSA) is 53.4 Å². The third-order valence-corrected chi connectivity index (χ3v) is 3.51. The van der Waals surface area contributed by atoms with E-state index in [0.29, 0.717) is 17.4 Å². The number of aromatic nitrogens is 1. The Bertz CT molecular complexity index is 437. The maximum Gasteiger partial charge on any atom is 0.272 e. The van der Waals surface area contributed by atoms with E-state index in [-0.39, 0.29) is 11.9 Å². The van der Waals surface area contributed by atoms with Gasteiger partial charge in [0.25, 0.3) is 5.91 Å². The summed E-state index contributed by atoms with van der Waals surface area (Å²) < 4.78 is 0. The molecule has 2 atom stereocenters. The van der Waals surface area contributed by atoms with Gasteiger partial charge in [-0.1, -0.05) is 17.7 Å². The lowest BCUT2D eigenvalue weighted by Gasteiger charge is -2.37. The summed E-state index contributed by atoms with van der Waals surface area (Å²) in [5, 5.41) is 10.1. The highest BCUT2D eigenvalue weighted by Gasteiger charge is 2.31. The van der Waals surface area contributed by atoms with Gasteiger partial charge in [0.2, 0.25) is 0 Å². The van der Waals surface area contributed by atoms with Crippen LogP contribution in [0.25, 0.3) is 0 Å². The van der Waals surface area contributed by atoms with Crippen LogP contribution in [-0.2, 0) is 0 Å². The van der Waals surface area contributed by atoms with Crippen LogP contribution >= 0.6 is 11.6 Å². The normalized spacial score (nSPS) is 21.7. The number of nitrogens with zero attached hydrogens (tertiary/aromatic N) is 2. The Morgan fingerprint density at radius 1 is 1.56 bits per heavy atom. The fourth-order valence-corrected chi connectivity index (χ4v) is 2.55. The Balaban J connectivity index is 2.21. The first kappa shape index (κ1) is 13.3. The molecule has 1 amide bonds. The van der Waals surface area contributed by atoms with Gasteiger partial charge in [-0.25, -0.2) is 4.98 Å². The number of hydrogen-bond donors (Lipinski definition) is 1. The summed E-state index contributed by atoms with van der Waals surface area (Å²) in [6.45, 7) is 2.39. The van der Waals surface area contributed by atoms with Gasteiger partial charge in [-0.3, -0.25) is 4.79 Å². The SMILES string of the molecule is CC(O)C1CCCCN1C(=O)c1cccc(Cl)n1. The molecule has 0 aromatic carbocycles. The van der Waals surface area contributed by atoms with E-state index >= 15 is 0 Å². The quantitative estimate of drug-likeness (QED) is 0.836. The number of piperidine rings is 1. The van der Waals surface area contributed by atoms with Gasteiger partial charge in [0.05, 0.1) is 12.1 Å². The Hall–Kier alpha value is -1.13. The minimum atomic E-state index is -0.520. The summed E-state index contributed by atoms with van der Waals surface area (Å²) in [4.78, 5) is 18.1. The lowest BCUT2D eigenvalue weighted by Crippen LogP contribution is -2.49. The van der Waals surface area contributed by atoms with Gasteiger partial charge >= 0.3 is 0 Å². The maximum absolute atomic E-state index is 12.4. The Labute approximate surface area is 112 Å². The molecule has 2 unspecified atom stereocenters. The Morgan fingerprint density at radius 3 is 3.00 bits per heavy atom. The van der Waals surface area contributed by atoms with Crippen molar-refractivity contribution in [3.05, 3.63) is 29.0 Å². The highest BCUT2D eigenvalue weighted by atomic mass is 35.5. The summed E-state index contributed by atoms with van der Waals surface area (Å²) in [6, 6.07) is 4.89. The number of likely N-dealkylation sites (tertiary alicyclic amines) is 1. The van der Waals surface area contributed by atoms with Crippen molar-refractivity contribution >= 4 is 17.5 Å². The van der Waals surface area contributed by atoms with E-state index in [0.717, 1.165) is 19.3 Å². The second-order valence-corrected chi connectivity index (χ2v) is 5.04. The summed E-state index contributed by atoms with van der Waals surface area (Å²) in [5.74, 6) is -0.150. The summed E-state index contributed by atoms with van der Waals surface area (Å²) in [5.41, 5.74) is 0.343. The van der Waals surface area contributed by atoms with Gasteiger partial charge in [-0.05, 0) is 38.3 Å². The fourth-order valence-electron chi connectivity index (χ4n) is 2.39. The maximum atomic E-state index is 12.4. The van der Waals surface area contributed by atoms with Crippen molar-refractivity contribution < 1.29 is 9.90 Å². The van der Waals surface area contributed by atoms with Gasteiger partial charge in [0, 0.05) is 6.54 Å². The molecule has 1 aromatic rings. The average Bonchev–Trinajstić information content (AvgIpc) is 2.38. The van der Waals surface area contributed by atoms with Gasteiger partial charge in [0.1, 0.15) is 10.8 Å². The molecule has 4 nitrogen and oxygen atoms in total. The first-order valence-corrected chi connectivity index (χ1v) is 6.59. The van der Waals surface area contributed by atoms with Crippen molar-refractivity contribution in [2.75, 3.05) is 6.54 Å². The number of halogens is 1. The number of aliphatic hydroxyl groups is 1. The van der Waals surface area contributed by atoms with Crippen LogP contribution in [0.5, 0.6) is 0 Å². The van der Waals surface area contributed by atoms with Crippen molar-refractivity contribution in [3.8, 4) is 0 Å². The lowest BCUT2D eigenvalue weighted by atomic mass is 9.97. The molecular weight excluding hydrogens is 252 g/mol. The number of amides is 1. The van der Waals surface area contributed by atoms with Crippen LogP contribution in [-0.4, -0.2) is 39.6 Å². The zero-order chi connectivity index (χ0) is 13.1. The monoisotopic (exact) mass is 268 g/mol. The predicted octanol–water partition coefficient (Wildman–Crippen LogP) is 2.11. The minimum absolute atomic E-state index is 0.118. The summed E-state index contributed by atoms with van der Waals surface area (Å²) in [6.07, 6.45) is 2.33. The van der Waals surface area contributed by atoms with E-state index in [1.807, 2.05) is 0 Å². The van der Waals surface area contributed by atoms with Crippen molar-refractivity contribution in [2.24, 2.45) is 0 Å². The summed E-state index contributed by atoms with van der Waals surface area (Å²) >= 11 is 5.80. The molecular formula is C13H17ClN2O2. The molecule has 1 aliphatic heterocycles. The highest BCUT2D eigenvalue weighted by molar-refractivity contribution is 6.29. The highest BCUT2D eigenvalue weighted by Crippen LogP contribution is 2.22. The smallest absolute Gasteiger partial charge is 0.272 e.